The first-order chi connectivity index (χ1) is 21.0. The quantitative estimate of drug-likeness (QED) is 0.0520. The fraction of sp³-hybridized carbons (Fsp3) is 0.433. The lowest BCUT2D eigenvalue weighted by atomic mass is 10.0. The van der Waals surface area contributed by atoms with Crippen LogP contribution in [0.25, 0.3) is 0 Å². The Hall–Kier alpha value is -4.69. The van der Waals surface area contributed by atoms with Crippen LogP contribution in [0.15, 0.2) is 54.6 Å². The average Bonchev–Trinajstić information content (AvgIpc) is 2.99. The highest BCUT2D eigenvalue weighted by atomic mass is 16.3. The van der Waals surface area contributed by atoms with E-state index in [9.17, 15) is 24.3 Å². The minimum absolute atomic E-state index is 0.0381. The Morgan fingerprint density at radius 3 is 1.91 bits per heavy atom. The molecule has 0 saturated carbocycles. The highest BCUT2D eigenvalue weighted by molar-refractivity contribution is 5.94. The molecule has 0 heterocycles. The van der Waals surface area contributed by atoms with Gasteiger partial charge in [0, 0.05) is 19.4 Å². The predicted molar refractivity (Wildman–Crippen MR) is 167 cm³/mol. The van der Waals surface area contributed by atoms with Gasteiger partial charge in [0.05, 0.1) is 6.04 Å². The maximum atomic E-state index is 13.6. The van der Waals surface area contributed by atoms with E-state index < -0.39 is 47.8 Å². The van der Waals surface area contributed by atoms with Crippen LogP contribution < -0.4 is 44.2 Å². The largest absolute Gasteiger partial charge is 0.508 e. The number of phenols is 1. The Kier molecular flexibility index (Phi) is 15.1. The molecule has 4 amide bonds. The van der Waals surface area contributed by atoms with Crippen LogP contribution >= 0.6 is 0 Å². The van der Waals surface area contributed by atoms with Crippen molar-refractivity contribution < 1.29 is 24.3 Å². The van der Waals surface area contributed by atoms with E-state index in [-0.39, 0.29) is 37.4 Å². The number of carbonyl (C=O) groups excluding carboxylic acids is 4. The summed E-state index contributed by atoms with van der Waals surface area (Å²) in [7, 11) is 0. The summed E-state index contributed by atoms with van der Waals surface area (Å²) in [5.41, 5.74) is 24.0. The van der Waals surface area contributed by atoms with Crippen LogP contribution in [0.1, 0.15) is 43.2 Å². The first-order valence-corrected chi connectivity index (χ1v) is 14.6. The minimum Gasteiger partial charge on any atom is -0.508 e. The molecule has 0 aliphatic rings. The molecule has 0 bridgehead atoms. The fourth-order valence-corrected chi connectivity index (χ4v) is 4.41. The summed E-state index contributed by atoms with van der Waals surface area (Å²) in [6.45, 7) is 0.740. The molecule has 44 heavy (non-hydrogen) atoms. The molecule has 0 fully saturated rings. The number of rotatable bonds is 19. The van der Waals surface area contributed by atoms with Gasteiger partial charge >= 0.3 is 0 Å². The SMILES string of the molecule is N=C(N)NCCC[C@@H](N)C(=O)N[C@@H](Cc1ccc(O)cc1)C(=O)N[C@@H](CCCCN)C(=O)N[C@H](Cc1ccccc1)C(N)=O. The lowest BCUT2D eigenvalue weighted by Crippen LogP contribution is -2.58. The van der Waals surface area contributed by atoms with E-state index in [1.807, 2.05) is 30.3 Å². The third kappa shape index (κ3) is 13.1. The summed E-state index contributed by atoms with van der Waals surface area (Å²) in [4.78, 5) is 52.2. The highest BCUT2D eigenvalue weighted by Gasteiger charge is 2.30. The molecule has 0 aliphatic heterocycles. The second kappa shape index (κ2) is 18.8. The summed E-state index contributed by atoms with van der Waals surface area (Å²) in [6.07, 6.45) is 2.29. The first kappa shape index (κ1) is 35.5. The molecule has 2 rings (SSSR count). The zero-order valence-electron chi connectivity index (χ0n) is 24.8. The molecule has 0 aliphatic carbocycles. The number of hydrogen-bond acceptors (Lipinski definition) is 8. The van der Waals surface area contributed by atoms with Crippen molar-refractivity contribution in [2.75, 3.05) is 13.1 Å². The van der Waals surface area contributed by atoms with Crippen molar-refractivity contribution >= 4 is 29.6 Å². The van der Waals surface area contributed by atoms with Crippen molar-refractivity contribution in [1.29, 1.82) is 5.41 Å². The van der Waals surface area contributed by atoms with Gasteiger partial charge in [0.15, 0.2) is 5.96 Å². The van der Waals surface area contributed by atoms with E-state index in [0.717, 1.165) is 5.56 Å². The number of benzene rings is 2. The van der Waals surface area contributed by atoms with Crippen LogP contribution in [0, 0.1) is 5.41 Å². The van der Waals surface area contributed by atoms with Crippen LogP contribution in [-0.4, -0.2) is 72.0 Å². The molecule has 14 nitrogen and oxygen atoms in total. The lowest BCUT2D eigenvalue weighted by molar-refractivity contribution is -0.133. The van der Waals surface area contributed by atoms with Gasteiger partial charge in [-0.15, -0.1) is 0 Å². The number of nitrogens with two attached hydrogens (primary N) is 4. The maximum Gasteiger partial charge on any atom is 0.243 e. The van der Waals surface area contributed by atoms with E-state index in [1.54, 1.807) is 12.1 Å². The Balaban J connectivity index is 2.20. The maximum absolute atomic E-state index is 13.6. The normalized spacial score (nSPS) is 13.5. The monoisotopic (exact) mass is 611 g/mol. The number of phenolic OH excluding ortho intramolecular Hbond substituents is 1. The van der Waals surface area contributed by atoms with Gasteiger partial charge in [-0.2, -0.15) is 0 Å². The van der Waals surface area contributed by atoms with E-state index in [0.29, 0.717) is 37.9 Å². The van der Waals surface area contributed by atoms with Crippen LogP contribution in [0.3, 0.4) is 0 Å². The van der Waals surface area contributed by atoms with E-state index in [4.69, 9.17) is 28.3 Å². The van der Waals surface area contributed by atoms with Gasteiger partial charge in [-0.25, -0.2) is 0 Å². The van der Waals surface area contributed by atoms with Gasteiger partial charge < -0.3 is 49.3 Å². The molecule has 240 valence electrons. The van der Waals surface area contributed by atoms with Crippen molar-refractivity contribution in [3.05, 3.63) is 65.7 Å². The van der Waals surface area contributed by atoms with Crippen molar-refractivity contribution in [2.24, 2.45) is 22.9 Å². The number of carbonyl (C=O) groups is 4. The number of nitrogens with one attached hydrogen (secondary N) is 5. The highest BCUT2D eigenvalue weighted by Crippen LogP contribution is 2.13. The van der Waals surface area contributed by atoms with Gasteiger partial charge in [0.1, 0.15) is 23.9 Å². The molecule has 2 aromatic rings. The fourth-order valence-electron chi connectivity index (χ4n) is 4.41. The molecule has 0 spiro atoms. The zero-order chi connectivity index (χ0) is 32.5. The Morgan fingerprint density at radius 2 is 1.30 bits per heavy atom. The minimum atomic E-state index is -1.12. The number of amides is 4. The van der Waals surface area contributed by atoms with Gasteiger partial charge in [-0.3, -0.25) is 24.6 Å². The van der Waals surface area contributed by atoms with E-state index >= 15 is 0 Å². The number of unbranched alkanes of at least 4 members (excludes halogenated alkanes) is 1. The molecule has 14 heteroatoms. The lowest BCUT2D eigenvalue weighted by Gasteiger charge is -2.26. The van der Waals surface area contributed by atoms with Gasteiger partial charge in [0.2, 0.25) is 23.6 Å². The summed E-state index contributed by atoms with van der Waals surface area (Å²) >= 11 is 0. The van der Waals surface area contributed by atoms with Crippen molar-refractivity contribution in [3.8, 4) is 5.75 Å². The van der Waals surface area contributed by atoms with Crippen LogP contribution in [0.5, 0.6) is 5.75 Å². The molecular formula is C30H45N9O5. The smallest absolute Gasteiger partial charge is 0.243 e. The molecule has 0 unspecified atom stereocenters. The summed E-state index contributed by atoms with van der Waals surface area (Å²) < 4.78 is 0. The Bertz CT molecular complexity index is 1230. The van der Waals surface area contributed by atoms with Crippen molar-refractivity contribution in [1.82, 2.24) is 21.3 Å². The number of guanidine groups is 1. The van der Waals surface area contributed by atoms with Gasteiger partial charge in [-0.1, -0.05) is 42.5 Å². The van der Waals surface area contributed by atoms with Crippen LogP contribution in [-0.2, 0) is 32.0 Å². The third-order valence-electron chi connectivity index (χ3n) is 6.88. The number of primary amides is 1. The first-order valence-electron chi connectivity index (χ1n) is 14.6. The molecule has 4 atom stereocenters. The summed E-state index contributed by atoms with van der Waals surface area (Å²) in [5.74, 6) is -2.69. The summed E-state index contributed by atoms with van der Waals surface area (Å²) in [5, 5.41) is 27.6. The standard InChI is InChI=1S/C30H45N9O5/c31-15-5-4-10-23(28(43)38-24(26(33)41)17-19-7-2-1-3-8-19)37-29(44)25(18-20-11-13-21(40)14-12-20)39-27(42)22(32)9-6-16-36-30(34)35/h1-3,7-8,11-14,22-25,40H,4-6,9-10,15-18,31-32H2,(H2,33,41)(H,37,44)(H,38,43)(H,39,42)(H4,34,35,36)/t22-,23+,24-,25+/m1/s1. The molecule has 14 N–H and O–H groups in total. The predicted octanol–water partition coefficient (Wildman–Crippen LogP) is -1.16. The third-order valence-corrected chi connectivity index (χ3v) is 6.88. The number of aromatic hydroxyl groups is 1. The second-order valence-electron chi connectivity index (χ2n) is 10.5. The van der Waals surface area contributed by atoms with Crippen LogP contribution in [0.4, 0.5) is 0 Å². The molecule has 2 aromatic carbocycles. The van der Waals surface area contributed by atoms with Gasteiger partial charge in [-0.05, 0) is 61.9 Å². The average molecular weight is 612 g/mol. The number of hydrogen-bond donors (Lipinski definition) is 10. The zero-order valence-corrected chi connectivity index (χ0v) is 24.8. The van der Waals surface area contributed by atoms with Crippen LogP contribution in [0.2, 0.25) is 0 Å². The Morgan fingerprint density at radius 1 is 0.727 bits per heavy atom. The van der Waals surface area contributed by atoms with Crippen molar-refractivity contribution in [2.45, 2.75) is 69.1 Å². The second-order valence-corrected chi connectivity index (χ2v) is 10.5. The Labute approximate surface area is 257 Å². The molecular weight excluding hydrogens is 566 g/mol. The molecule has 0 aromatic heterocycles. The van der Waals surface area contributed by atoms with E-state index in [1.165, 1.54) is 12.1 Å². The topological polar surface area (TPSA) is 265 Å². The summed E-state index contributed by atoms with van der Waals surface area (Å²) in [6, 6.07) is 11.1. The molecule has 0 saturated heterocycles. The van der Waals surface area contributed by atoms with Crippen molar-refractivity contribution in [3.63, 3.8) is 0 Å². The van der Waals surface area contributed by atoms with Gasteiger partial charge in [0.25, 0.3) is 0 Å². The van der Waals surface area contributed by atoms with E-state index in [2.05, 4.69) is 21.3 Å². The molecule has 0 radical (unpaired) electrons.